The zero-order valence-corrected chi connectivity index (χ0v) is 15.9. The number of amides is 2. The van der Waals surface area contributed by atoms with Crippen molar-refractivity contribution >= 4 is 23.9 Å². The highest BCUT2D eigenvalue weighted by molar-refractivity contribution is 6.01. The van der Waals surface area contributed by atoms with Crippen LogP contribution in [-0.2, 0) is 20.8 Å². The van der Waals surface area contributed by atoms with E-state index >= 15 is 0 Å². The molecule has 5 N–H and O–H groups in total. The number of rotatable bonds is 9. The standard InChI is InChI=1S/C20H23N4O5/c1-13(21)19(28)23-17(12-26)20(29)24(18-4-2-3-9-22-18)15(11-25)10-14-5-7-16(27)8-6-14/h2-9,13,15,17,26-27H,10,12,21H2,1H3,(H,23,28)/t13-,15-,17-/m0/s1. The molecule has 3 atom stereocenters. The zero-order chi connectivity index (χ0) is 21.4. The first-order chi connectivity index (χ1) is 13.9. The summed E-state index contributed by atoms with van der Waals surface area (Å²) in [7, 11) is 0. The number of pyridine rings is 1. The number of nitrogens with zero attached hydrogens (tertiary/aromatic N) is 2. The van der Waals surface area contributed by atoms with Gasteiger partial charge in [0.1, 0.15) is 23.7 Å². The molecule has 1 aromatic carbocycles. The SMILES string of the molecule is C[C@H](N)C(=O)N[C@@H](CO)C(=O)N(c1ccccn1)[C@H]([C]=O)Cc1ccc(O)cc1. The average molecular weight is 399 g/mol. The van der Waals surface area contributed by atoms with Gasteiger partial charge in [-0.1, -0.05) is 18.2 Å². The second kappa shape index (κ2) is 10.3. The minimum atomic E-state index is -1.31. The Morgan fingerprint density at radius 1 is 1.24 bits per heavy atom. The number of nitrogens with one attached hydrogen (secondary N) is 1. The fourth-order valence-electron chi connectivity index (χ4n) is 2.62. The number of hydrogen-bond acceptors (Lipinski definition) is 7. The number of nitrogens with two attached hydrogens (primary N) is 1. The minimum absolute atomic E-state index is 0.0667. The number of benzene rings is 1. The van der Waals surface area contributed by atoms with Crippen LogP contribution in [0.15, 0.2) is 48.7 Å². The van der Waals surface area contributed by atoms with Crippen molar-refractivity contribution in [2.45, 2.75) is 31.5 Å². The number of phenolic OH excluding ortho intramolecular Hbond substituents is 1. The molecule has 1 radical (unpaired) electrons. The number of phenols is 1. The van der Waals surface area contributed by atoms with Crippen LogP contribution in [0.1, 0.15) is 12.5 Å². The van der Waals surface area contributed by atoms with Gasteiger partial charge in [0, 0.05) is 12.6 Å². The van der Waals surface area contributed by atoms with E-state index in [0.29, 0.717) is 5.56 Å². The molecule has 0 aliphatic rings. The van der Waals surface area contributed by atoms with Gasteiger partial charge >= 0.3 is 0 Å². The van der Waals surface area contributed by atoms with Gasteiger partial charge in [0.05, 0.1) is 12.6 Å². The lowest BCUT2D eigenvalue weighted by atomic mass is 10.0. The molecule has 0 saturated heterocycles. The summed E-state index contributed by atoms with van der Waals surface area (Å²) >= 11 is 0. The van der Waals surface area contributed by atoms with Crippen LogP contribution in [-0.4, -0.2) is 58.0 Å². The van der Waals surface area contributed by atoms with Gasteiger partial charge in [0.15, 0.2) is 0 Å². The molecule has 2 amide bonds. The molecule has 0 aliphatic heterocycles. The first-order valence-electron chi connectivity index (χ1n) is 8.93. The molecule has 153 valence electrons. The molecule has 2 aromatic rings. The van der Waals surface area contributed by atoms with Gasteiger partial charge < -0.3 is 21.3 Å². The van der Waals surface area contributed by atoms with Crippen LogP contribution in [0.5, 0.6) is 5.75 Å². The van der Waals surface area contributed by atoms with Crippen molar-refractivity contribution < 1.29 is 24.6 Å². The maximum Gasteiger partial charge on any atom is 0.253 e. The molecule has 29 heavy (non-hydrogen) atoms. The van der Waals surface area contributed by atoms with E-state index in [1.807, 2.05) is 6.29 Å². The third-order valence-electron chi connectivity index (χ3n) is 4.16. The van der Waals surface area contributed by atoms with Crippen molar-refractivity contribution in [1.82, 2.24) is 10.3 Å². The van der Waals surface area contributed by atoms with E-state index < -0.39 is 36.5 Å². The van der Waals surface area contributed by atoms with Crippen molar-refractivity contribution in [3.8, 4) is 5.75 Å². The Bertz CT molecular complexity index is 827. The Labute approximate surface area is 168 Å². The molecular weight excluding hydrogens is 376 g/mol. The lowest BCUT2D eigenvalue weighted by Crippen LogP contribution is -2.56. The summed E-state index contributed by atoms with van der Waals surface area (Å²) < 4.78 is 0. The zero-order valence-electron chi connectivity index (χ0n) is 15.9. The van der Waals surface area contributed by atoms with Crippen molar-refractivity contribution in [3.63, 3.8) is 0 Å². The summed E-state index contributed by atoms with van der Waals surface area (Å²) in [6.07, 6.45) is 3.37. The summed E-state index contributed by atoms with van der Waals surface area (Å²) in [5.41, 5.74) is 6.18. The molecular formula is C20H23N4O5. The Morgan fingerprint density at radius 2 is 1.93 bits per heavy atom. The van der Waals surface area contributed by atoms with E-state index in [1.165, 1.54) is 31.3 Å². The Balaban J connectivity index is 2.36. The van der Waals surface area contributed by atoms with Crippen LogP contribution in [0.2, 0.25) is 0 Å². The first kappa shape index (κ1) is 22.0. The van der Waals surface area contributed by atoms with E-state index in [9.17, 15) is 24.6 Å². The van der Waals surface area contributed by atoms with Gasteiger partial charge in [0.25, 0.3) is 5.91 Å². The highest BCUT2D eigenvalue weighted by Crippen LogP contribution is 2.19. The van der Waals surface area contributed by atoms with E-state index in [0.717, 1.165) is 4.90 Å². The number of aliphatic hydroxyl groups is 1. The summed E-state index contributed by atoms with van der Waals surface area (Å²) in [4.78, 5) is 42.0. The van der Waals surface area contributed by atoms with E-state index in [4.69, 9.17) is 5.73 Å². The molecule has 1 aromatic heterocycles. The number of aromatic nitrogens is 1. The summed E-state index contributed by atoms with van der Waals surface area (Å²) in [6, 6.07) is 7.69. The Hall–Kier alpha value is -3.30. The maximum atomic E-state index is 13.1. The molecule has 0 fully saturated rings. The van der Waals surface area contributed by atoms with E-state index in [-0.39, 0.29) is 18.0 Å². The van der Waals surface area contributed by atoms with Crippen LogP contribution in [0.3, 0.4) is 0 Å². The molecule has 9 heteroatoms. The van der Waals surface area contributed by atoms with Gasteiger partial charge in [-0.05, 0) is 36.8 Å². The number of carbonyl (C=O) groups excluding carboxylic acids is 3. The molecule has 9 nitrogen and oxygen atoms in total. The highest BCUT2D eigenvalue weighted by Gasteiger charge is 2.33. The van der Waals surface area contributed by atoms with E-state index in [2.05, 4.69) is 10.3 Å². The molecule has 2 rings (SSSR count). The van der Waals surface area contributed by atoms with Gasteiger partial charge in [-0.15, -0.1) is 0 Å². The number of aromatic hydroxyl groups is 1. The summed E-state index contributed by atoms with van der Waals surface area (Å²) in [6.45, 7) is 0.753. The van der Waals surface area contributed by atoms with Crippen LogP contribution < -0.4 is 16.0 Å². The normalized spacial score (nSPS) is 13.8. The molecule has 0 spiro atoms. The second-order valence-corrected chi connectivity index (χ2v) is 6.43. The molecule has 0 aliphatic carbocycles. The van der Waals surface area contributed by atoms with Crippen molar-refractivity contribution in [2.24, 2.45) is 5.73 Å². The third-order valence-corrected chi connectivity index (χ3v) is 4.16. The number of carbonyl (C=O) groups is 2. The van der Waals surface area contributed by atoms with E-state index in [1.54, 1.807) is 24.3 Å². The van der Waals surface area contributed by atoms with Gasteiger partial charge in [0.2, 0.25) is 12.2 Å². The smallest absolute Gasteiger partial charge is 0.253 e. The topological polar surface area (TPSA) is 146 Å². The largest absolute Gasteiger partial charge is 0.508 e. The van der Waals surface area contributed by atoms with Crippen LogP contribution in [0, 0.1) is 0 Å². The van der Waals surface area contributed by atoms with Crippen molar-refractivity contribution in [1.29, 1.82) is 0 Å². The lowest BCUT2D eigenvalue weighted by molar-refractivity contribution is -0.129. The summed E-state index contributed by atoms with van der Waals surface area (Å²) in [5, 5.41) is 21.4. The quantitative estimate of drug-likeness (QED) is 0.451. The predicted molar refractivity (Wildman–Crippen MR) is 106 cm³/mol. The first-order valence-corrected chi connectivity index (χ1v) is 8.93. The average Bonchev–Trinajstić information content (AvgIpc) is 2.73. The molecule has 0 saturated carbocycles. The molecule has 0 unspecified atom stereocenters. The fraction of sp³-hybridized carbons (Fsp3) is 0.300. The monoisotopic (exact) mass is 399 g/mol. The van der Waals surface area contributed by atoms with Crippen molar-refractivity contribution in [2.75, 3.05) is 11.5 Å². The van der Waals surface area contributed by atoms with Gasteiger partial charge in [-0.25, -0.2) is 4.98 Å². The van der Waals surface area contributed by atoms with Crippen LogP contribution in [0.25, 0.3) is 0 Å². The second-order valence-electron chi connectivity index (χ2n) is 6.43. The molecule has 0 bridgehead atoms. The number of hydrogen-bond donors (Lipinski definition) is 4. The predicted octanol–water partition coefficient (Wildman–Crippen LogP) is -0.334. The third kappa shape index (κ3) is 5.84. The minimum Gasteiger partial charge on any atom is -0.508 e. The van der Waals surface area contributed by atoms with Crippen LogP contribution in [0.4, 0.5) is 5.82 Å². The lowest BCUT2D eigenvalue weighted by Gasteiger charge is -2.30. The summed E-state index contributed by atoms with van der Waals surface area (Å²) in [5.74, 6) is -1.12. The maximum absolute atomic E-state index is 13.1. The van der Waals surface area contributed by atoms with Crippen LogP contribution >= 0.6 is 0 Å². The van der Waals surface area contributed by atoms with Gasteiger partial charge in [-0.2, -0.15) is 0 Å². The van der Waals surface area contributed by atoms with Gasteiger partial charge in [-0.3, -0.25) is 19.3 Å². The van der Waals surface area contributed by atoms with Crippen molar-refractivity contribution in [3.05, 3.63) is 54.2 Å². The number of anilines is 1. The Kier molecular flexibility index (Phi) is 7.81. The fourth-order valence-corrected chi connectivity index (χ4v) is 2.62. The Morgan fingerprint density at radius 3 is 2.45 bits per heavy atom. The number of aliphatic hydroxyl groups excluding tert-OH is 1. The highest BCUT2D eigenvalue weighted by atomic mass is 16.3. The molecule has 1 heterocycles.